The van der Waals surface area contributed by atoms with Gasteiger partial charge in [-0.15, -0.1) is 0 Å². The summed E-state index contributed by atoms with van der Waals surface area (Å²) in [5, 5.41) is 3.06. The lowest BCUT2D eigenvalue weighted by atomic mass is 10.0. The molecule has 2 N–H and O–H groups in total. The summed E-state index contributed by atoms with van der Waals surface area (Å²) in [6.45, 7) is 1.19. The summed E-state index contributed by atoms with van der Waals surface area (Å²) in [6, 6.07) is 31.2. The number of aromatic amines is 1. The van der Waals surface area contributed by atoms with E-state index in [1.165, 1.54) is 0 Å². The van der Waals surface area contributed by atoms with Crippen molar-refractivity contribution in [3.8, 4) is 22.8 Å². The van der Waals surface area contributed by atoms with Crippen molar-refractivity contribution < 1.29 is 18.8 Å². The van der Waals surface area contributed by atoms with Crippen LogP contribution in [0.15, 0.2) is 114 Å². The number of H-pyrrole nitrogens is 1. The lowest BCUT2D eigenvalue weighted by Gasteiger charge is -2.31. The van der Waals surface area contributed by atoms with E-state index in [1.54, 1.807) is 11.1 Å². The van der Waals surface area contributed by atoms with E-state index in [9.17, 15) is 14.4 Å². The average Bonchev–Trinajstić information content (AvgIpc) is 4.05. The summed E-state index contributed by atoms with van der Waals surface area (Å²) < 4.78 is 6.36. The van der Waals surface area contributed by atoms with Crippen molar-refractivity contribution in [3.05, 3.63) is 126 Å². The molecule has 4 aromatic carbocycles. The maximum Gasteiger partial charge on any atom is 0.247 e. The molecule has 12 heteroatoms. The number of amides is 3. The predicted molar refractivity (Wildman–Crippen MR) is 220 cm³/mol. The maximum atomic E-state index is 14.1. The van der Waals surface area contributed by atoms with Crippen LogP contribution in [-0.2, 0) is 14.4 Å². The van der Waals surface area contributed by atoms with Gasteiger partial charge in [0.25, 0.3) is 0 Å². The lowest BCUT2D eigenvalue weighted by molar-refractivity contribution is -0.140. The van der Waals surface area contributed by atoms with Crippen molar-refractivity contribution in [2.24, 2.45) is 0 Å². The summed E-state index contributed by atoms with van der Waals surface area (Å²) >= 11 is 0. The molecule has 4 unspecified atom stereocenters. The van der Waals surface area contributed by atoms with Crippen LogP contribution in [0.2, 0.25) is 0 Å². The minimum atomic E-state index is -0.573. The molecule has 0 spiro atoms. The molecule has 2 aromatic heterocycles. The number of fused-ring (bicyclic) bond motifs is 1. The fourth-order valence-corrected chi connectivity index (χ4v) is 8.42. The number of oxazole rings is 1. The zero-order valence-corrected chi connectivity index (χ0v) is 32.8. The Morgan fingerprint density at radius 1 is 0.772 bits per heavy atom. The van der Waals surface area contributed by atoms with Crippen molar-refractivity contribution in [1.29, 1.82) is 0 Å². The quantitative estimate of drug-likeness (QED) is 0.143. The van der Waals surface area contributed by atoms with E-state index in [4.69, 9.17) is 9.40 Å². The zero-order chi connectivity index (χ0) is 39.6. The number of hydrogen-bond donors (Lipinski definition) is 2. The van der Waals surface area contributed by atoms with Crippen molar-refractivity contribution >= 4 is 34.4 Å². The summed E-state index contributed by atoms with van der Waals surface area (Å²) in [5.41, 5.74) is 5.47. The largest absolute Gasteiger partial charge is 0.436 e. The molecular weight excluding hydrogens is 717 g/mol. The molecule has 12 nitrogen and oxygen atoms in total. The molecule has 0 saturated carbocycles. The molecule has 2 aliphatic rings. The average molecular weight is 765 g/mol. The van der Waals surface area contributed by atoms with E-state index in [1.807, 2.05) is 146 Å². The standard InChI is InChI=1S/C45H48N8O4/c1-50(2)39(29-15-7-5-8-16-29)44(55)52-25-13-23-35(52)41-48-34-22-12-21-33(38(34)49-41)43-46-28-37(57-43)31-19-11-20-32(27-31)47-42(54)36-24-14-26-53(36)45(56)40(51(3)4)30-17-9-6-10-18-30/h5-12,15-22,27-28,35-36,39-40H,13-14,23-26H2,1-4H3,(H,47,54)(H,48,49). The second-order valence-electron chi connectivity index (χ2n) is 15.4. The number of benzene rings is 4. The van der Waals surface area contributed by atoms with E-state index < -0.39 is 18.1 Å². The summed E-state index contributed by atoms with van der Waals surface area (Å²) in [5.74, 6) is 1.44. The third kappa shape index (κ3) is 7.58. The number of carbonyl (C=O) groups excluding carboxylic acids is 3. The van der Waals surface area contributed by atoms with Crippen LogP contribution in [0.3, 0.4) is 0 Å². The first-order chi connectivity index (χ1) is 27.7. The first kappa shape index (κ1) is 37.8. The Labute approximate surface area is 332 Å². The van der Waals surface area contributed by atoms with Crippen LogP contribution in [0.5, 0.6) is 0 Å². The van der Waals surface area contributed by atoms with E-state index in [2.05, 4.69) is 15.3 Å². The number of para-hydroxylation sites is 1. The smallest absolute Gasteiger partial charge is 0.247 e. The molecule has 6 aromatic rings. The highest BCUT2D eigenvalue weighted by molar-refractivity contribution is 5.99. The lowest BCUT2D eigenvalue weighted by Crippen LogP contribution is -2.47. The summed E-state index contributed by atoms with van der Waals surface area (Å²) in [4.78, 5) is 62.4. The van der Waals surface area contributed by atoms with Crippen LogP contribution in [0.4, 0.5) is 5.69 Å². The van der Waals surface area contributed by atoms with Gasteiger partial charge in [0.2, 0.25) is 23.6 Å². The predicted octanol–water partition coefficient (Wildman–Crippen LogP) is 7.08. The van der Waals surface area contributed by atoms with Crippen LogP contribution in [0, 0.1) is 0 Å². The fourth-order valence-electron chi connectivity index (χ4n) is 8.42. The van der Waals surface area contributed by atoms with Crippen molar-refractivity contribution in [3.63, 3.8) is 0 Å². The van der Waals surface area contributed by atoms with Crippen molar-refractivity contribution in [2.45, 2.75) is 49.9 Å². The summed E-state index contributed by atoms with van der Waals surface area (Å²) in [7, 11) is 7.64. The highest BCUT2D eigenvalue weighted by Crippen LogP contribution is 2.37. The first-order valence-corrected chi connectivity index (χ1v) is 19.6. The molecular formula is C45H48N8O4. The molecule has 2 aliphatic heterocycles. The molecule has 2 fully saturated rings. The van der Waals surface area contributed by atoms with E-state index in [-0.39, 0.29) is 23.8 Å². The molecule has 4 heterocycles. The Morgan fingerprint density at radius 2 is 1.40 bits per heavy atom. The summed E-state index contributed by atoms with van der Waals surface area (Å²) in [6.07, 6.45) is 4.72. The molecule has 3 amide bonds. The van der Waals surface area contributed by atoms with Gasteiger partial charge >= 0.3 is 0 Å². The molecule has 0 bridgehead atoms. The Hall–Kier alpha value is -6.11. The normalized spacial score (nSPS) is 18.1. The first-order valence-electron chi connectivity index (χ1n) is 19.6. The Morgan fingerprint density at radius 3 is 2.09 bits per heavy atom. The minimum Gasteiger partial charge on any atom is -0.436 e. The van der Waals surface area contributed by atoms with Crippen LogP contribution in [0.1, 0.15) is 60.8 Å². The SMILES string of the molecule is CN(C)C(C(=O)N1CCCC1C(=O)Nc1cccc(-c2cnc(-c3cccc4[nH]c(C5CCCN5C(=O)C(c5ccccc5)N(C)C)nc34)o2)c1)c1ccccc1. The Bertz CT molecular complexity index is 2370. The van der Waals surface area contributed by atoms with Gasteiger partial charge in [0.1, 0.15) is 29.5 Å². The number of hydrogen-bond acceptors (Lipinski definition) is 8. The topological polar surface area (TPSA) is 131 Å². The van der Waals surface area contributed by atoms with Gasteiger partial charge in [-0.05, 0) is 89.3 Å². The molecule has 0 radical (unpaired) electrons. The molecule has 0 aliphatic carbocycles. The van der Waals surface area contributed by atoms with Gasteiger partial charge in [0, 0.05) is 24.3 Å². The van der Waals surface area contributed by atoms with E-state index >= 15 is 0 Å². The number of anilines is 1. The molecule has 57 heavy (non-hydrogen) atoms. The van der Waals surface area contributed by atoms with Crippen LogP contribution >= 0.6 is 0 Å². The van der Waals surface area contributed by atoms with Gasteiger partial charge in [-0.25, -0.2) is 9.97 Å². The van der Waals surface area contributed by atoms with Gasteiger partial charge in [0.05, 0.1) is 23.3 Å². The van der Waals surface area contributed by atoms with Gasteiger partial charge in [-0.2, -0.15) is 0 Å². The van der Waals surface area contributed by atoms with Crippen molar-refractivity contribution in [2.75, 3.05) is 46.6 Å². The Balaban J connectivity index is 0.992. The van der Waals surface area contributed by atoms with Gasteiger partial charge in [-0.3, -0.25) is 24.2 Å². The Kier molecular flexibility index (Phi) is 10.7. The van der Waals surface area contributed by atoms with E-state index in [0.29, 0.717) is 42.4 Å². The number of imidazole rings is 1. The second kappa shape index (κ2) is 16.2. The monoisotopic (exact) mass is 764 g/mol. The van der Waals surface area contributed by atoms with Gasteiger partial charge < -0.3 is 24.5 Å². The highest BCUT2D eigenvalue weighted by Gasteiger charge is 2.39. The number of carbonyl (C=O) groups is 3. The van der Waals surface area contributed by atoms with Crippen molar-refractivity contribution in [1.82, 2.24) is 34.6 Å². The third-order valence-electron chi connectivity index (χ3n) is 11.1. The maximum absolute atomic E-state index is 14.1. The molecule has 4 atom stereocenters. The number of likely N-dealkylation sites (N-methyl/N-ethyl adjacent to an activating group) is 2. The number of nitrogens with one attached hydrogen (secondary N) is 2. The van der Waals surface area contributed by atoms with Gasteiger partial charge in [0.15, 0.2) is 5.76 Å². The van der Waals surface area contributed by atoms with Crippen LogP contribution in [0.25, 0.3) is 33.8 Å². The third-order valence-corrected chi connectivity index (χ3v) is 11.1. The molecule has 2 saturated heterocycles. The highest BCUT2D eigenvalue weighted by atomic mass is 16.4. The number of nitrogens with zero attached hydrogens (tertiary/aromatic N) is 6. The molecule has 292 valence electrons. The van der Waals surface area contributed by atoms with Gasteiger partial charge in [-0.1, -0.05) is 78.9 Å². The van der Waals surface area contributed by atoms with E-state index in [0.717, 1.165) is 52.9 Å². The zero-order valence-electron chi connectivity index (χ0n) is 32.8. The molecule has 8 rings (SSSR count). The van der Waals surface area contributed by atoms with Crippen LogP contribution in [-0.4, -0.2) is 99.6 Å². The number of rotatable bonds is 11. The second-order valence-corrected chi connectivity index (χ2v) is 15.4. The fraction of sp³-hybridized carbons (Fsp3) is 0.311. The number of aromatic nitrogens is 3. The van der Waals surface area contributed by atoms with Crippen LogP contribution < -0.4 is 5.32 Å². The number of likely N-dealkylation sites (tertiary alicyclic amines) is 2. The minimum absolute atomic E-state index is 0.0558.